The molecule has 4 heteroatoms. The Kier molecular flexibility index (Phi) is 2.84. The van der Waals surface area contributed by atoms with E-state index in [2.05, 4.69) is 0 Å². The van der Waals surface area contributed by atoms with Crippen molar-refractivity contribution in [1.82, 2.24) is 0 Å². The van der Waals surface area contributed by atoms with Gasteiger partial charge < -0.3 is 19.7 Å². The van der Waals surface area contributed by atoms with Crippen LogP contribution in [0.15, 0.2) is 0 Å². The lowest BCUT2D eigenvalue weighted by Gasteiger charge is -2.34. The van der Waals surface area contributed by atoms with Gasteiger partial charge in [0.2, 0.25) is 0 Å². The Labute approximate surface area is 65.7 Å². The maximum Gasteiger partial charge on any atom is 0.157 e. The Morgan fingerprint density at radius 2 is 2.09 bits per heavy atom. The molecule has 4 nitrogen and oxygen atoms in total. The van der Waals surface area contributed by atoms with E-state index >= 15 is 0 Å². The number of aliphatic hydroxyl groups excluding tert-OH is 2. The molecule has 4 atom stereocenters. The average Bonchev–Trinajstić information content (AvgIpc) is 1.85. The van der Waals surface area contributed by atoms with Crippen molar-refractivity contribution in [3.8, 4) is 0 Å². The maximum absolute atomic E-state index is 9.34. The van der Waals surface area contributed by atoms with E-state index in [1.807, 2.05) is 0 Å². The van der Waals surface area contributed by atoms with Crippen molar-refractivity contribution in [2.75, 3.05) is 7.11 Å². The molecule has 1 aliphatic heterocycles. The summed E-state index contributed by atoms with van der Waals surface area (Å²) in [4.78, 5) is 0. The van der Waals surface area contributed by atoms with Gasteiger partial charge in [0.25, 0.3) is 0 Å². The summed E-state index contributed by atoms with van der Waals surface area (Å²) in [6, 6.07) is 0. The third-order valence-electron chi connectivity index (χ3n) is 1.93. The predicted octanol–water partition coefficient (Wildman–Crippen LogP) is -0.510. The lowest BCUT2D eigenvalue weighted by Crippen LogP contribution is -2.47. The van der Waals surface area contributed by atoms with E-state index in [0.29, 0.717) is 0 Å². The van der Waals surface area contributed by atoms with Crippen molar-refractivity contribution in [1.29, 1.82) is 0 Å². The van der Waals surface area contributed by atoms with Crippen molar-refractivity contribution in [2.45, 2.75) is 37.9 Å². The van der Waals surface area contributed by atoms with Crippen molar-refractivity contribution in [3.05, 3.63) is 0 Å². The van der Waals surface area contributed by atoms with Gasteiger partial charge in [-0.15, -0.1) is 0 Å². The van der Waals surface area contributed by atoms with E-state index in [9.17, 15) is 5.11 Å². The van der Waals surface area contributed by atoms with Gasteiger partial charge in [-0.25, -0.2) is 0 Å². The summed E-state index contributed by atoms with van der Waals surface area (Å²) in [5.41, 5.74) is 0. The van der Waals surface area contributed by atoms with Crippen LogP contribution in [0, 0.1) is 0 Å². The van der Waals surface area contributed by atoms with Crippen molar-refractivity contribution in [3.63, 3.8) is 0 Å². The first-order valence-corrected chi connectivity index (χ1v) is 3.69. The minimum atomic E-state index is -0.855. The molecular formula is C7H14O4. The zero-order chi connectivity index (χ0) is 8.43. The summed E-state index contributed by atoms with van der Waals surface area (Å²) in [6.45, 7) is 1.76. The predicted molar refractivity (Wildman–Crippen MR) is 38.0 cm³/mol. The number of ether oxygens (including phenoxy) is 2. The van der Waals surface area contributed by atoms with Gasteiger partial charge in [0, 0.05) is 13.5 Å². The van der Waals surface area contributed by atoms with E-state index in [0.717, 1.165) is 0 Å². The number of aliphatic hydroxyl groups is 2. The highest BCUT2D eigenvalue weighted by Crippen LogP contribution is 2.20. The number of hydrogen-bond acceptors (Lipinski definition) is 4. The Balaban J connectivity index is 2.52. The molecule has 0 bridgehead atoms. The third kappa shape index (κ3) is 1.90. The van der Waals surface area contributed by atoms with Gasteiger partial charge in [-0.1, -0.05) is 0 Å². The van der Waals surface area contributed by atoms with E-state index < -0.39 is 12.4 Å². The number of hydrogen-bond donors (Lipinski definition) is 2. The first-order valence-electron chi connectivity index (χ1n) is 3.69. The van der Waals surface area contributed by atoms with E-state index in [1.165, 1.54) is 7.11 Å². The van der Waals surface area contributed by atoms with E-state index in [1.54, 1.807) is 6.92 Å². The molecule has 1 heterocycles. The molecule has 0 aromatic rings. The molecule has 0 aromatic carbocycles. The molecule has 11 heavy (non-hydrogen) atoms. The summed E-state index contributed by atoms with van der Waals surface area (Å²) in [5.74, 6) is 0. The monoisotopic (exact) mass is 162 g/mol. The maximum atomic E-state index is 9.34. The Bertz CT molecular complexity index is 116. The minimum absolute atomic E-state index is 0.225. The molecule has 0 radical (unpaired) electrons. The number of methoxy groups -OCH3 is 1. The summed E-state index contributed by atoms with van der Waals surface area (Å²) >= 11 is 0. The molecule has 66 valence electrons. The second-order valence-electron chi connectivity index (χ2n) is 2.80. The second-order valence-corrected chi connectivity index (χ2v) is 2.80. The Hall–Kier alpha value is -0.160. The molecule has 1 aliphatic rings. The van der Waals surface area contributed by atoms with Crippen LogP contribution in [0.2, 0.25) is 0 Å². The van der Waals surface area contributed by atoms with Gasteiger partial charge in [-0.2, -0.15) is 0 Å². The van der Waals surface area contributed by atoms with E-state index in [4.69, 9.17) is 14.6 Å². The highest BCUT2D eigenvalue weighted by Gasteiger charge is 2.34. The van der Waals surface area contributed by atoms with Crippen LogP contribution in [0.3, 0.4) is 0 Å². The van der Waals surface area contributed by atoms with Crippen LogP contribution in [0.5, 0.6) is 0 Å². The first kappa shape index (κ1) is 8.93. The topological polar surface area (TPSA) is 58.9 Å². The van der Waals surface area contributed by atoms with Gasteiger partial charge in [-0.3, -0.25) is 0 Å². The van der Waals surface area contributed by atoms with Gasteiger partial charge in [-0.05, 0) is 6.92 Å². The largest absolute Gasteiger partial charge is 0.390 e. The lowest BCUT2D eigenvalue weighted by molar-refractivity contribution is -0.232. The molecule has 1 fully saturated rings. The summed E-state index contributed by atoms with van der Waals surface area (Å²) < 4.78 is 10.0. The first-order chi connectivity index (χ1) is 5.15. The molecule has 1 unspecified atom stereocenters. The smallest absolute Gasteiger partial charge is 0.157 e. The van der Waals surface area contributed by atoms with Gasteiger partial charge in [0.15, 0.2) is 6.29 Å². The molecule has 0 aromatic heterocycles. The van der Waals surface area contributed by atoms with Crippen molar-refractivity contribution >= 4 is 0 Å². The highest BCUT2D eigenvalue weighted by molar-refractivity contribution is 4.80. The lowest BCUT2D eigenvalue weighted by atomic mass is 10.0. The van der Waals surface area contributed by atoms with Crippen LogP contribution in [0.4, 0.5) is 0 Å². The van der Waals surface area contributed by atoms with E-state index in [-0.39, 0.29) is 18.6 Å². The summed E-state index contributed by atoms with van der Waals surface area (Å²) in [6.07, 6.45) is -1.83. The SMILES string of the molecule is CO[C@@H]1[C@H](O)CC(O)O[C@H]1C. The second kappa shape index (κ2) is 3.49. The van der Waals surface area contributed by atoms with Crippen LogP contribution in [0.25, 0.3) is 0 Å². The molecule has 0 saturated carbocycles. The molecular weight excluding hydrogens is 148 g/mol. The van der Waals surface area contributed by atoms with Crippen LogP contribution in [-0.4, -0.2) is 41.9 Å². The highest BCUT2D eigenvalue weighted by atomic mass is 16.6. The molecule has 0 amide bonds. The molecule has 1 rings (SSSR count). The van der Waals surface area contributed by atoms with Crippen LogP contribution in [0.1, 0.15) is 13.3 Å². The van der Waals surface area contributed by atoms with Crippen molar-refractivity contribution in [2.24, 2.45) is 0 Å². The van der Waals surface area contributed by atoms with Crippen LogP contribution in [-0.2, 0) is 9.47 Å². The van der Waals surface area contributed by atoms with Crippen LogP contribution < -0.4 is 0 Å². The number of rotatable bonds is 1. The minimum Gasteiger partial charge on any atom is -0.390 e. The Morgan fingerprint density at radius 3 is 2.55 bits per heavy atom. The van der Waals surface area contributed by atoms with Gasteiger partial charge in [0.1, 0.15) is 6.10 Å². The normalized spacial score (nSPS) is 45.8. The summed E-state index contributed by atoms with van der Waals surface area (Å²) in [7, 11) is 1.52. The Morgan fingerprint density at radius 1 is 1.45 bits per heavy atom. The van der Waals surface area contributed by atoms with Crippen molar-refractivity contribution < 1.29 is 19.7 Å². The average molecular weight is 162 g/mol. The zero-order valence-corrected chi connectivity index (χ0v) is 6.73. The quantitative estimate of drug-likeness (QED) is 0.545. The van der Waals surface area contributed by atoms with Gasteiger partial charge in [0.05, 0.1) is 12.2 Å². The molecule has 0 aliphatic carbocycles. The third-order valence-corrected chi connectivity index (χ3v) is 1.93. The van der Waals surface area contributed by atoms with Gasteiger partial charge >= 0.3 is 0 Å². The fourth-order valence-electron chi connectivity index (χ4n) is 1.38. The molecule has 0 spiro atoms. The standard InChI is InChI=1S/C7H14O4/c1-4-7(10-2)5(8)3-6(9)11-4/h4-9H,3H2,1-2H3/t4-,5+,6?,7-/m0/s1. The molecule has 2 N–H and O–H groups in total. The fourth-order valence-corrected chi connectivity index (χ4v) is 1.38. The van der Waals surface area contributed by atoms with Crippen LogP contribution >= 0.6 is 0 Å². The zero-order valence-electron chi connectivity index (χ0n) is 6.73. The summed E-state index contributed by atoms with van der Waals surface area (Å²) in [5, 5.41) is 18.4. The fraction of sp³-hybridized carbons (Fsp3) is 1.00. The molecule has 1 saturated heterocycles.